The first-order valence-electron chi connectivity index (χ1n) is 7.99. The highest BCUT2D eigenvalue weighted by molar-refractivity contribution is 5.90. The highest BCUT2D eigenvalue weighted by Gasteiger charge is 2.08. The van der Waals surface area contributed by atoms with Crippen molar-refractivity contribution < 1.29 is 14.3 Å². The van der Waals surface area contributed by atoms with Gasteiger partial charge in [0.15, 0.2) is 5.75 Å². The van der Waals surface area contributed by atoms with E-state index >= 15 is 0 Å². The van der Waals surface area contributed by atoms with Crippen LogP contribution in [-0.4, -0.2) is 23.7 Å². The smallest absolute Gasteiger partial charge is 0.293 e. The molecule has 1 amide bonds. The molecule has 0 unspecified atom stereocenters. The molecule has 128 valence electrons. The molecule has 0 aliphatic heterocycles. The van der Waals surface area contributed by atoms with Crippen molar-refractivity contribution in [2.45, 2.75) is 26.8 Å². The van der Waals surface area contributed by atoms with E-state index in [1.54, 1.807) is 42.6 Å². The van der Waals surface area contributed by atoms with Gasteiger partial charge < -0.3 is 19.4 Å². The Hall–Kier alpha value is -2.76. The van der Waals surface area contributed by atoms with Crippen molar-refractivity contribution in [3.8, 4) is 11.5 Å². The van der Waals surface area contributed by atoms with Crippen molar-refractivity contribution in [1.29, 1.82) is 0 Å². The van der Waals surface area contributed by atoms with Crippen LogP contribution in [0.1, 0.15) is 20.3 Å². The highest BCUT2D eigenvalue weighted by atomic mass is 16.5. The summed E-state index contributed by atoms with van der Waals surface area (Å²) in [4.78, 5) is 24.3. The van der Waals surface area contributed by atoms with Gasteiger partial charge in [-0.25, -0.2) is 0 Å². The molecular formula is C18H22N2O4. The number of benzene rings is 1. The second kappa shape index (κ2) is 8.76. The first-order chi connectivity index (χ1) is 11.6. The van der Waals surface area contributed by atoms with Gasteiger partial charge in [0, 0.05) is 11.9 Å². The SMILES string of the molecule is CCCOc1cccn(CC(=O)Nc2ccc(OCC)cc2)c1=O. The van der Waals surface area contributed by atoms with Gasteiger partial charge in [0.05, 0.1) is 13.2 Å². The van der Waals surface area contributed by atoms with Crippen LogP contribution in [-0.2, 0) is 11.3 Å². The molecule has 1 heterocycles. The van der Waals surface area contributed by atoms with Crippen LogP contribution >= 0.6 is 0 Å². The van der Waals surface area contributed by atoms with Gasteiger partial charge in [0.25, 0.3) is 5.56 Å². The quantitative estimate of drug-likeness (QED) is 0.808. The number of anilines is 1. The summed E-state index contributed by atoms with van der Waals surface area (Å²) in [5.41, 5.74) is 0.336. The molecule has 6 heteroatoms. The number of amides is 1. The number of pyridine rings is 1. The maximum absolute atomic E-state index is 12.2. The van der Waals surface area contributed by atoms with E-state index in [9.17, 15) is 9.59 Å². The Morgan fingerprint density at radius 2 is 1.88 bits per heavy atom. The third kappa shape index (κ3) is 4.87. The van der Waals surface area contributed by atoms with Gasteiger partial charge >= 0.3 is 0 Å². The van der Waals surface area contributed by atoms with E-state index in [1.807, 2.05) is 13.8 Å². The summed E-state index contributed by atoms with van der Waals surface area (Å²) in [6.45, 7) is 4.86. The highest BCUT2D eigenvalue weighted by Crippen LogP contribution is 2.15. The maximum atomic E-state index is 12.2. The molecule has 0 radical (unpaired) electrons. The Bertz CT molecular complexity index is 723. The summed E-state index contributed by atoms with van der Waals surface area (Å²) in [6.07, 6.45) is 2.38. The molecular weight excluding hydrogens is 308 g/mol. The zero-order chi connectivity index (χ0) is 17.4. The van der Waals surface area contributed by atoms with Crippen LogP contribution in [0.2, 0.25) is 0 Å². The average Bonchev–Trinajstić information content (AvgIpc) is 2.58. The van der Waals surface area contributed by atoms with Gasteiger partial charge in [-0.05, 0) is 49.7 Å². The zero-order valence-electron chi connectivity index (χ0n) is 14.0. The largest absolute Gasteiger partial charge is 0.494 e. The Balaban J connectivity index is 2.00. The monoisotopic (exact) mass is 330 g/mol. The molecule has 0 fully saturated rings. The lowest BCUT2D eigenvalue weighted by Crippen LogP contribution is -2.28. The topological polar surface area (TPSA) is 69.6 Å². The summed E-state index contributed by atoms with van der Waals surface area (Å²) in [5.74, 6) is 0.717. The molecule has 0 saturated carbocycles. The van der Waals surface area contributed by atoms with E-state index in [1.165, 1.54) is 4.57 Å². The van der Waals surface area contributed by atoms with Crippen molar-refractivity contribution >= 4 is 11.6 Å². The first kappa shape index (κ1) is 17.6. The molecule has 2 aromatic rings. The number of aromatic nitrogens is 1. The fraction of sp³-hybridized carbons (Fsp3) is 0.333. The van der Waals surface area contributed by atoms with Crippen molar-refractivity contribution in [2.24, 2.45) is 0 Å². The van der Waals surface area contributed by atoms with Gasteiger partial charge in [0.2, 0.25) is 5.91 Å². The zero-order valence-corrected chi connectivity index (χ0v) is 14.0. The lowest BCUT2D eigenvalue weighted by molar-refractivity contribution is -0.116. The third-order valence-corrected chi connectivity index (χ3v) is 3.21. The van der Waals surface area contributed by atoms with Gasteiger partial charge in [0.1, 0.15) is 12.3 Å². The summed E-state index contributed by atoms with van der Waals surface area (Å²) < 4.78 is 12.1. The molecule has 0 atom stereocenters. The lowest BCUT2D eigenvalue weighted by atomic mass is 10.3. The standard InChI is InChI=1S/C18H22N2O4/c1-3-12-24-16-6-5-11-20(18(16)22)13-17(21)19-14-7-9-15(10-8-14)23-4-2/h5-11H,3-4,12-13H2,1-2H3,(H,19,21). The first-order valence-corrected chi connectivity index (χ1v) is 7.99. The van der Waals surface area contributed by atoms with E-state index in [-0.39, 0.29) is 23.8 Å². The molecule has 0 spiro atoms. The van der Waals surface area contributed by atoms with Crippen molar-refractivity contribution in [2.75, 3.05) is 18.5 Å². The minimum Gasteiger partial charge on any atom is -0.494 e. The van der Waals surface area contributed by atoms with Crippen LogP contribution < -0.4 is 20.3 Å². The van der Waals surface area contributed by atoms with E-state index in [2.05, 4.69) is 5.32 Å². The minimum absolute atomic E-state index is 0.0740. The predicted molar refractivity (Wildman–Crippen MR) is 92.7 cm³/mol. The van der Waals surface area contributed by atoms with Crippen LogP contribution in [0, 0.1) is 0 Å². The summed E-state index contributed by atoms with van der Waals surface area (Å²) in [5, 5.41) is 2.75. The Morgan fingerprint density at radius 3 is 2.54 bits per heavy atom. The summed E-state index contributed by atoms with van der Waals surface area (Å²) in [7, 11) is 0. The van der Waals surface area contributed by atoms with Gasteiger partial charge in [-0.3, -0.25) is 9.59 Å². The molecule has 1 aromatic heterocycles. The fourth-order valence-corrected chi connectivity index (χ4v) is 2.12. The second-order valence-electron chi connectivity index (χ2n) is 5.16. The number of nitrogens with one attached hydrogen (secondary N) is 1. The van der Waals surface area contributed by atoms with Crippen molar-refractivity contribution in [1.82, 2.24) is 4.57 Å². The van der Waals surface area contributed by atoms with E-state index in [4.69, 9.17) is 9.47 Å². The maximum Gasteiger partial charge on any atom is 0.293 e. The van der Waals surface area contributed by atoms with E-state index in [0.29, 0.717) is 18.9 Å². The number of ether oxygens (including phenoxy) is 2. The van der Waals surface area contributed by atoms with Crippen LogP contribution in [0.25, 0.3) is 0 Å². The molecule has 24 heavy (non-hydrogen) atoms. The summed E-state index contributed by atoms with van der Waals surface area (Å²) >= 11 is 0. The summed E-state index contributed by atoms with van der Waals surface area (Å²) in [6, 6.07) is 10.4. The average molecular weight is 330 g/mol. The molecule has 1 N–H and O–H groups in total. The molecule has 2 rings (SSSR count). The molecule has 0 aliphatic carbocycles. The number of carbonyl (C=O) groups excluding carboxylic acids is 1. The normalized spacial score (nSPS) is 10.2. The number of hydrogen-bond acceptors (Lipinski definition) is 4. The third-order valence-electron chi connectivity index (χ3n) is 3.21. The lowest BCUT2D eigenvalue weighted by Gasteiger charge is -2.10. The molecule has 0 aliphatic rings. The number of rotatable bonds is 8. The van der Waals surface area contributed by atoms with Crippen LogP contribution in [0.5, 0.6) is 11.5 Å². The second-order valence-corrected chi connectivity index (χ2v) is 5.16. The van der Waals surface area contributed by atoms with E-state index in [0.717, 1.165) is 12.2 Å². The molecule has 0 saturated heterocycles. The van der Waals surface area contributed by atoms with Crippen LogP contribution in [0.3, 0.4) is 0 Å². The molecule has 1 aromatic carbocycles. The van der Waals surface area contributed by atoms with Gasteiger partial charge in [-0.2, -0.15) is 0 Å². The van der Waals surface area contributed by atoms with Crippen molar-refractivity contribution in [3.63, 3.8) is 0 Å². The number of hydrogen-bond donors (Lipinski definition) is 1. The van der Waals surface area contributed by atoms with Crippen molar-refractivity contribution in [3.05, 3.63) is 52.9 Å². The predicted octanol–water partition coefficient (Wildman–Crippen LogP) is 2.67. The van der Waals surface area contributed by atoms with Crippen LogP contribution in [0.15, 0.2) is 47.4 Å². The van der Waals surface area contributed by atoms with E-state index < -0.39 is 0 Å². The minimum atomic E-state index is -0.312. The van der Waals surface area contributed by atoms with Crippen LogP contribution in [0.4, 0.5) is 5.69 Å². The van der Waals surface area contributed by atoms with Gasteiger partial charge in [-0.1, -0.05) is 6.92 Å². The Kier molecular flexibility index (Phi) is 6.42. The van der Waals surface area contributed by atoms with Gasteiger partial charge in [-0.15, -0.1) is 0 Å². The molecule has 6 nitrogen and oxygen atoms in total. The Labute approximate surface area is 141 Å². The number of nitrogens with zero attached hydrogens (tertiary/aromatic N) is 1. The number of carbonyl (C=O) groups is 1. The Morgan fingerprint density at radius 1 is 1.12 bits per heavy atom. The fourth-order valence-electron chi connectivity index (χ4n) is 2.12. The molecule has 0 bridgehead atoms.